The van der Waals surface area contributed by atoms with Crippen molar-refractivity contribution in [2.24, 2.45) is 7.05 Å². The fourth-order valence-corrected chi connectivity index (χ4v) is 4.53. The van der Waals surface area contributed by atoms with E-state index in [0.717, 1.165) is 12.3 Å². The van der Waals surface area contributed by atoms with E-state index in [1.165, 1.54) is 42.1 Å². The second-order valence-corrected chi connectivity index (χ2v) is 10.4. The Morgan fingerprint density at radius 1 is 1.08 bits per heavy atom. The molecule has 4 rings (SSSR count). The summed E-state index contributed by atoms with van der Waals surface area (Å²) in [5, 5.41) is 0. The Morgan fingerprint density at radius 3 is 2.46 bits per heavy atom. The van der Waals surface area contributed by atoms with Gasteiger partial charge in [-0.15, -0.1) is 0 Å². The Labute approximate surface area is 223 Å². The minimum Gasteiger partial charge on any atom is -0.462 e. The zero-order valence-electron chi connectivity index (χ0n) is 21.2. The van der Waals surface area contributed by atoms with Crippen LogP contribution in [0.15, 0.2) is 65.6 Å². The average molecular weight is 554 g/mol. The summed E-state index contributed by atoms with van der Waals surface area (Å²) in [5.74, 6) is -2.73. The summed E-state index contributed by atoms with van der Waals surface area (Å²) in [7, 11) is -2.26. The normalized spacial score (nSPS) is 11.3. The zero-order valence-corrected chi connectivity index (χ0v) is 22.0. The highest BCUT2D eigenvalue weighted by Gasteiger charge is 2.27. The van der Waals surface area contributed by atoms with Gasteiger partial charge in [0, 0.05) is 19.7 Å². The van der Waals surface area contributed by atoms with E-state index in [1.807, 2.05) is 0 Å². The van der Waals surface area contributed by atoms with Crippen molar-refractivity contribution < 1.29 is 31.9 Å². The number of nitrogens with one attached hydrogen (secondary N) is 1. The van der Waals surface area contributed by atoms with Gasteiger partial charge in [-0.3, -0.25) is 14.5 Å². The van der Waals surface area contributed by atoms with Crippen LogP contribution >= 0.6 is 0 Å². The molecule has 0 radical (unpaired) electrons. The van der Waals surface area contributed by atoms with E-state index < -0.39 is 38.9 Å². The van der Waals surface area contributed by atoms with Gasteiger partial charge in [0.1, 0.15) is 11.3 Å². The molecule has 1 N–H and O–H groups in total. The number of halogens is 1. The number of aryl methyl sites for hydroxylation is 1. The van der Waals surface area contributed by atoms with Crippen molar-refractivity contribution in [2.75, 3.05) is 17.6 Å². The van der Waals surface area contributed by atoms with Crippen molar-refractivity contribution in [3.63, 3.8) is 0 Å². The minimum atomic E-state index is -3.68. The lowest BCUT2D eigenvalue weighted by molar-refractivity contribution is 0.0518. The van der Waals surface area contributed by atoms with Gasteiger partial charge in [0.25, 0.3) is 5.56 Å². The SMILES string of the molecule is CCOC(=O)c1c(OC(=O)c2ccccc2)c2ncc(Cc3ccc(F)cc3NS(C)(=O)=O)cc2n(C)c1=O. The topological polar surface area (TPSA) is 134 Å². The molecule has 10 nitrogen and oxygen atoms in total. The highest BCUT2D eigenvalue weighted by atomic mass is 32.2. The molecule has 2 aromatic heterocycles. The molecule has 0 aliphatic rings. The van der Waals surface area contributed by atoms with Crippen molar-refractivity contribution in [1.29, 1.82) is 0 Å². The molecule has 0 spiro atoms. The fraction of sp³-hybridized carbons (Fsp3) is 0.185. The molecule has 4 aromatic rings. The molecule has 0 aliphatic carbocycles. The van der Waals surface area contributed by atoms with Crippen LogP contribution in [0.5, 0.6) is 5.75 Å². The number of fused-ring (bicyclic) bond motifs is 1. The Morgan fingerprint density at radius 2 is 1.79 bits per heavy atom. The summed E-state index contributed by atoms with van der Waals surface area (Å²) < 4.78 is 51.5. The van der Waals surface area contributed by atoms with Gasteiger partial charge in [0.15, 0.2) is 11.3 Å². The first-order valence-electron chi connectivity index (χ1n) is 11.7. The number of rotatable bonds is 8. The predicted molar refractivity (Wildman–Crippen MR) is 142 cm³/mol. The van der Waals surface area contributed by atoms with E-state index in [0.29, 0.717) is 11.1 Å². The van der Waals surface area contributed by atoms with Gasteiger partial charge < -0.3 is 14.0 Å². The number of nitrogens with zero attached hydrogens (tertiary/aromatic N) is 2. The van der Waals surface area contributed by atoms with Gasteiger partial charge in [-0.05, 0) is 48.4 Å². The van der Waals surface area contributed by atoms with Crippen LogP contribution in [0.1, 0.15) is 38.8 Å². The third-order valence-corrected chi connectivity index (χ3v) is 6.28. The number of hydrogen-bond acceptors (Lipinski definition) is 8. The van der Waals surface area contributed by atoms with Crippen molar-refractivity contribution in [1.82, 2.24) is 9.55 Å². The van der Waals surface area contributed by atoms with E-state index in [-0.39, 0.29) is 41.1 Å². The first kappa shape index (κ1) is 27.5. The van der Waals surface area contributed by atoms with E-state index >= 15 is 0 Å². The van der Waals surface area contributed by atoms with Crippen LogP contribution in [0.2, 0.25) is 0 Å². The second kappa shape index (κ2) is 11.0. The van der Waals surface area contributed by atoms with Crippen LogP contribution < -0.4 is 15.0 Å². The van der Waals surface area contributed by atoms with Gasteiger partial charge in [-0.2, -0.15) is 0 Å². The van der Waals surface area contributed by atoms with E-state index in [1.54, 1.807) is 31.2 Å². The quantitative estimate of drug-likeness (QED) is 0.328. The van der Waals surface area contributed by atoms with Crippen LogP contribution in [0.3, 0.4) is 0 Å². The van der Waals surface area contributed by atoms with Gasteiger partial charge in [0.05, 0.1) is 29.6 Å². The first-order valence-corrected chi connectivity index (χ1v) is 13.6. The molecule has 39 heavy (non-hydrogen) atoms. The van der Waals surface area contributed by atoms with E-state index in [4.69, 9.17) is 9.47 Å². The summed E-state index contributed by atoms with van der Waals surface area (Å²) in [4.78, 5) is 43.3. The van der Waals surface area contributed by atoms with Crippen molar-refractivity contribution in [3.8, 4) is 5.75 Å². The van der Waals surface area contributed by atoms with Crippen LogP contribution in [0.25, 0.3) is 11.0 Å². The summed E-state index contributed by atoms with van der Waals surface area (Å²) in [6, 6.07) is 13.3. The number of benzene rings is 2. The van der Waals surface area contributed by atoms with E-state index in [2.05, 4.69) is 9.71 Å². The summed E-state index contributed by atoms with van der Waals surface area (Å²) in [6.07, 6.45) is 2.50. The van der Waals surface area contributed by atoms with Gasteiger partial charge in [-0.1, -0.05) is 24.3 Å². The molecule has 0 aliphatic heterocycles. The monoisotopic (exact) mass is 553 g/mol. The molecular weight excluding hydrogens is 529 g/mol. The molecule has 12 heteroatoms. The maximum atomic E-state index is 13.8. The van der Waals surface area contributed by atoms with Crippen LogP contribution in [-0.4, -0.2) is 42.8 Å². The van der Waals surface area contributed by atoms with Gasteiger partial charge >= 0.3 is 11.9 Å². The number of esters is 2. The third-order valence-electron chi connectivity index (χ3n) is 5.69. The molecular formula is C27H24FN3O7S. The number of anilines is 1. The number of hydrogen-bond donors (Lipinski definition) is 1. The molecule has 0 saturated carbocycles. The highest BCUT2D eigenvalue weighted by molar-refractivity contribution is 7.92. The van der Waals surface area contributed by atoms with E-state index in [9.17, 15) is 27.2 Å². The average Bonchev–Trinajstić information content (AvgIpc) is 2.88. The third kappa shape index (κ3) is 6.12. The number of carbonyl (C=O) groups is 2. The maximum absolute atomic E-state index is 13.8. The number of sulfonamides is 1. The van der Waals surface area contributed by atoms with Crippen LogP contribution in [0.4, 0.5) is 10.1 Å². The van der Waals surface area contributed by atoms with Crippen molar-refractivity contribution >= 4 is 38.7 Å². The predicted octanol–water partition coefficient (Wildman–Crippen LogP) is 3.43. The highest BCUT2D eigenvalue weighted by Crippen LogP contribution is 2.29. The molecule has 0 bridgehead atoms. The lowest BCUT2D eigenvalue weighted by Gasteiger charge is -2.16. The standard InChI is InChI=1S/C27H24FN3O7S/c1-4-37-27(34)22-24(38-26(33)17-8-6-5-7-9-17)23-21(31(2)25(22)32)13-16(15-29-23)12-18-10-11-19(28)14-20(18)30-39(3,35)36/h5-11,13-15,30H,4,12H2,1-3H3. The Kier molecular flexibility index (Phi) is 7.77. The summed E-state index contributed by atoms with van der Waals surface area (Å²) >= 11 is 0. The van der Waals surface area contributed by atoms with Crippen molar-refractivity contribution in [3.05, 3.63) is 99.2 Å². The number of carbonyl (C=O) groups excluding carboxylic acids is 2. The lowest BCUT2D eigenvalue weighted by atomic mass is 10.0. The largest absolute Gasteiger partial charge is 0.462 e. The maximum Gasteiger partial charge on any atom is 0.347 e. The van der Waals surface area contributed by atoms with Crippen LogP contribution in [0, 0.1) is 5.82 Å². The Hall–Kier alpha value is -4.58. The molecule has 202 valence electrons. The Bertz CT molecular complexity index is 1750. The molecule has 0 unspecified atom stereocenters. The number of pyridine rings is 2. The molecule has 2 aromatic carbocycles. The second-order valence-electron chi connectivity index (χ2n) is 8.61. The van der Waals surface area contributed by atoms with Gasteiger partial charge in [0.2, 0.25) is 10.0 Å². The molecule has 0 atom stereocenters. The minimum absolute atomic E-state index is 0.0139. The first-order chi connectivity index (χ1) is 18.5. The summed E-state index contributed by atoms with van der Waals surface area (Å²) in [6.45, 7) is 1.56. The zero-order chi connectivity index (χ0) is 28.3. The fourth-order valence-electron chi connectivity index (χ4n) is 3.94. The smallest absolute Gasteiger partial charge is 0.347 e. The Balaban J connectivity index is 1.85. The summed E-state index contributed by atoms with van der Waals surface area (Å²) in [5.41, 5.74) is 0.285. The lowest BCUT2D eigenvalue weighted by Crippen LogP contribution is -2.28. The molecule has 0 fully saturated rings. The van der Waals surface area contributed by atoms with Crippen molar-refractivity contribution in [2.45, 2.75) is 13.3 Å². The molecule has 0 saturated heterocycles. The molecule has 0 amide bonds. The van der Waals surface area contributed by atoms with Crippen LogP contribution in [-0.2, 0) is 28.2 Å². The van der Waals surface area contributed by atoms with Gasteiger partial charge in [-0.25, -0.2) is 22.4 Å². The molecule has 2 heterocycles. The number of aromatic nitrogens is 2. The number of ether oxygens (including phenoxy) is 2.